The number of nitrogens with one attached hydrogen (secondary N) is 1. The molecule has 1 aromatic heterocycles. The molecule has 8 heteroatoms. The highest BCUT2D eigenvalue weighted by atomic mass is 35.5. The predicted molar refractivity (Wildman–Crippen MR) is 93.3 cm³/mol. The van der Waals surface area contributed by atoms with E-state index < -0.39 is 11.7 Å². The fraction of sp³-hybridized carbons (Fsp3) is 0.133. The van der Waals surface area contributed by atoms with Crippen LogP contribution in [0.15, 0.2) is 29.4 Å². The number of nitrogens with zero attached hydrogens (tertiary/aromatic N) is 2. The molecule has 0 aliphatic carbocycles. The van der Waals surface area contributed by atoms with E-state index in [0.29, 0.717) is 0 Å². The first-order chi connectivity index (χ1) is 10.9. The van der Waals surface area contributed by atoms with E-state index in [1.54, 1.807) is 6.21 Å². The van der Waals surface area contributed by atoms with E-state index in [0.717, 1.165) is 12.0 Å². The fourth-order valence-corrected chi connectivity index (χ4v) is 2.43. The zero-order valence-corrected chi connectivity index (χ0v) is 14.2. The van der Waals surface area contributed by atoms with E-state index in [4.69, 9.17) is 39.9 Å². The average Bonchev–Trinajstić information content (AvgIpc) is 2.54. The molecule has 0 saturated carbocycles. The highest BCUT2D eigenvalue weighted by Crippen LogP contribution is 2.36. The monoisotopic (exact) mass is 371 g/mol. The fourth-order valence-electron chi connectivity index (χ4n) is 1.76. The van der Waals surface area contributed by atoms with Crippen molar-refractivity contribution < 1.29 is 9.90 Å². The largest absolute Gasteiger partial charge is 0.476 e. The number of pyridine rings is 1. The maximum atomic E-state index is 11.1. The van der Waals surface area contributed by atoms with Gasteiger partial charge in [-0.15, -0.1) is 0 Å². The van der Waals surface area contributed by atoms with Gasteiger partial charge in [0.1, 0.15) is 10.0 Å². The summed E-state index contributed by atoms with van der Waals surface area (Å²) in [5.41, 5.74) is 4.38. The summed E-state index contributed by atoms with van der Waals surface area (Å²) in [6.07, 6.45) is 2.51. The second-order valence-corrected chi connectivity index (χ2v) is 5.64. The van der Waals surface area contributed by atoms with Crippen LogP contribution < -0.4 is 5.43 Å². The van der Waals surface area contributed by atoms with Gasteiger partial charge in [0, 0.05) is 0 Å². The first kappa shape index (κ1) is 17.5. The Kier molecular flexibility index (Phi) is 5.82. The summed E-state index contributed by atoms with van der Waals surface area (Å²) in [5.74, 6) is -1.31. The molecule has 0 aliphatic rings. The van der Waals surface area contributed by atoms with Crippen LogP contribution in [0.25, 0.3) is 0 Å². The van der Waals surface area contributed by atoms with Gasteiger partial charge in [-0.2, -0.15) is 5.10 Å². The van der Waals surface area contributed by atoms with Gasteiger partial charge < -0.3 is 5.11 Å². The van der Waals surface area contributed by atoms with Crippen LogP contribution in [0.2, 0.25) is 15.2 Å². The smallest absolute Gasteiger partial charge is 0.356 e. The average molecular weight is 373 g/mol. The number of aromatic carboxylic acids is 1. The van der Waals surface area contributed by atoms with Crippen molar-refractivity contribution in [3.63, 3.8) is 0 Å². The van der Waals surface area contributed by atoms with E-state index in [-0.39, 0.29) is 20.9 Å². The summed E-state index contributed by atoms with van der Waals surface area (Å²) >= 11 is 17.8. The summed E-state index contributed by atoms with van der Waals surface area (Å²) in [7, 11) is 0. The minimum absolute atomic E-state index is 0.000137. The van der Waals surface area contributed by atoms with Crippen molar-refractivity contribution in [2.75, 3.05) is 5.43 Å². The van der Waals surface area contributed by atoms with Gasteiger partial charge >= 0.3 is 5.97 Å². The molecule has 0 amide bonds. The minimum atomic E-state index is -1.31. The van der Waals surface area contributed by atoms with E-state index >= 15 is 0 Å². The number of halogens is 3. The van der Waals surface area contributed by atoms with Crippen molar-refractivity contribution in [3.05, 3.63) is 56.3 Å². The normalized spacial score (nSPS) is 11.0. The summed E-state index contributed by atoms with van der Waals surface area (Å²) in [4.78, 5) is 14.7. The van der Waals surface area contributed by atoms with Gasteiger partial charge in [0.25, 0.3) is 0 Å². The molecule has 0 bridgehead atoms. The maximum Gasteiger partial charge on any atom is 0.356 e. The van der Waals surface area contributed by atoms with Crippen LogP contribution >= 0.6 is 34.8 Å². The Balaban J connectivity index is 2.25. The molecule has 0 fully saturated rings. The van der Waals surface area contributed by atoms with Gasteiger partial charge in [-0.3, -0.25) is 5.43 Å². The molecule has 2 rings (SSSR count). The van der Waals surface area contributed by atoms with Crippen molar-refractivity contribution in [2.24, 2.45) is 5.10 Å². The first-order valence-electron chi connectivity index (χ1n) is 6.59. The van der Waals surface area contributed by atoms with E-state index in [9.17, 15) is 4.79 Å². The molecule has 0 radical (unpaired) electrons. The number of rotatable bonds is 5. The number of aromatic nitrogens is 1. The second-order valence-electron chi connectivity index (χ2n) is 4.52. The third-order valence-corrected chi connectivity index (χ3v) is 4.12. The molecule has 0 unspecified atom stereocenters. The van der Waals surface area contributed by atoms with Crippen LogP contribution in [0.1, 0.15) is 28.5 Å². The lowest BCUT2D eigenvalue weighted by molar-refractivity contribution is 0.0691. The van der Waals surface area contributed by atoms with Crippen LogP contribution in [0.4, 0.5) is 5.69 Å². The molecule has 0 atom stereocenters. The van der Waals surface area contributed by atoms with Gasteiger partial charge in [0.2, 0.25) is 0 Å². The van der Waals surface area contributed by atoms with Crippen molar-refractivity contribution in [3.8, 4) is 0 Å². The first-order valence-corrected chi connectivity index (χ1v) is 7.73. The quantitative estimate of drug-likeness (QED) is 0.451. The number of hydrogen-bond acceptors (Lipinski definition) is 4. The number of carboxylic acids is 1. The lowest BCUT2D eigenvalue weighted by Gasteiger charge is -2.09. The number of benzene rings is 1. The van der Waals surface area contributed by atoms with Gasteiger partial charge in [-0.1, -0.05) is 66.0 Å². The van der Waals surface area contributed by atoms with Gasteiger partial charge in [-0.05, 0) is 17.5 Å². The summed E-state index contributed by atoms with van der Waals surface area (Å²) < 4.78 is 0. The molecule has 0 saturated heterocycles. The molecule has 120 valence electrons. The standard InChI is InChI=1S/C15H12Cl3N3O2/c1-2-8-3-5-9(6-4-8)7-19-21-12-10(16)13(15(22)23)20-14(18)11(12)17/h3-7H,2H2,1H3,(H,20,21)(H,22,23). The number of aryl methyl sites for hydroxylation is 1. The van der Waals surface area contributed by atoms with Crippen molar-refractivity contribution >= 4 is 52.7 Å². The number of anilines is 1. The zero-order valence-electron chi connectivity index (χ0n) is 12.0. The van der Waals surface area contributed by atoms with Crippen LogP contribution in [0.5, 0.6) is 0 Å². The van der Waals surface area contributed by atoms with Gasteiger partial charge in [-0.25, -0.2) is 9.78 Å². The summed E-state index contributed by atoms with van der Waals surface area (Å²) in [6, 6.07) is 7.81. The molecule has 2 N–H and O–H groups in total. The summed E-state index contributed by atoms with van der Waals surface area (Å²) in [6.45, 7) is 2.07. The molecule has 5 nitrogen and oxygen atoms in total. The molecular weight excluding hydrogens is 361 g/mol. The van der Waals surface area contributed by atoms with Crippen molar-refractivity contribution in [1.82, 2.24) is 4.98 Å². The van der Waals surface area contributed by atoms with Crippen LogP contribution in [-0.2, 0) is 6.42 Å². The topological polar surface area (TPSA) is 74.6 Å². The zero-order chi connectivity index (χ0) is 17.0. The molecule has 0 spiro atoms. The molecule has 2 aromatic rings. The summed E-state index contributed by atoms with van der Waals surface area (Å²) in [5, 5.41) is 12.7. The number of carboxylic acid groups (broad SMARTS) is 1. The molecule has 1 aromatic carbocycles. The Hall–Kier alpha value is -1.82. The maximum absolute atomic E-state index is 11.1. The van der Waals surface area contributed by atoms with Crippen LogP contribution in [0.3, 0.4) is 0 Å². The number of hydrazone groups is 1. The highest BCUT2D eigenvalue weighted by molar-refractivity contribution is 6.46. The molecular formula is C15H12Cl3N3O2. The van der Waals surface area contributed by atoms with Gasteiger partial charge in [0.15, 0.2) is 10.8 Å². The third kappa shape index (κ3) is 4.13. The molecule has 1 heterocycles. The lowest BCUT2D eigenvalue weighted by atomic mass is 10.1. The molecule has 0 aliphatic heterocycles. The Morgan fingerprint density at radius 3 is 2.48 bits per heavy atom. The van der Waals surface area contributed by atoms with Crippen molar-refractivity contribution in [1.29, 1.82) is 0 Å². The van der Waals surface area contributed by atoms with Crippen molar-refractivity contribution in [2.45, 2.75) is 13.3 Å². The Bertz CT molecular complexity index is 762. The number of carbonyl (C=O) groups is 1. The third-order valence-electron chi connectivity index (χ3n) is 3.02. The Labute approximate surface area is 147 Å². The van der Waals surface area contributed by atoms with Crippen LogP contribution in [0, 0.1) is 0 Å². The minimum Gasteiger partial charge on any atom is -0.476 e. The highest BCUT2D eigenvalue weighted by Gasteiger charge is 2.20. The predicted octanol–water partition coefficient (Wildman–Crippen LogP) is 4.75. The van der Waals surface area contributed by atoms with E-state index in [1.165, 1.54) is 5.56 Å². The number of hydrogen-bond donors (Lipinski definition) is 2. The molecule has 23 heavy (non-hydrogen) atoms. The van der Waals surface area contributed by atoms with E-state index in [1.807, 2.05) is 24.3 Å². The second kappa shape index (κ2) is 7.64. The Morgan fingerprint density at radius 1 is 1.26 bits per heavy atom. The van der Waals surface area contributed by atoms with E-state index in [2.05, 4.69) is 22.4 Å². The lowest BCUT2D eigenvalue weighted by Crippen LogP contribution is -2.05. The van der Waals surface area contributed by atoms with Crippen LogP contribution in [-0.4, -0.2) is 22.3 Å². The SMILES string of the molecule is CCc1ccc(C=NNc2c(Cl)c(Cl)nc(C(=O)O)c2Cl)cc1. The van der Waals surface area contributed by atoms with Gasteiger partial charge in [0.05, 0.1) is 11.9 Å². The Morgan fingerprint density at radius 2 is 1.91 bits per heavy atom.